The van der Waals surface area contributed by atoms with Crippen molar-refractivity contribution in [3.05, 3.63) is 64.2 Å². The second kappa shape index (κ2) is 11.1. The van der Waals surface area contributed by atoms with E-state index in [-0.39, 0.29) is 40.8 Å². The number of aryl methyl sites for hydroxylation is 2. The standard InChI is InChI=1S/C36H33ClN4O8S/c1-15-20-10-16(37)6-9-26(20)50-31(15)23-14-27(39(3)38-23)40-33(44)22-13-21-18(7-8-19-28(21)34(45)41(47)32(19)43)30(36(22,2)35(40)46)29-24(42)11-17(48-4)12-25(29)49-5/h6-7,9-12,14,19,21-22,28,30,42,47H,8,13H2,1-5H3/t19-,21+,22-,28-,30+,36+/m0/s1. The molecule has 14 heteroatoms. The van der Waals surface area contributed by atoms with Crippen molar-refractivity contribution in [2.24, 2.45) is 36.1 Å². The number of hydroxylamine groups is 2. The molecular weight excluding hydrogens is 684 g/mol. The van der Waals surface area contributed by atoms with Crippen molar-refractivity contribution < 1.29 is 39.0 Å². The second-order valence-electron chi connectivity index (χ2n) is 13.6. The molecule has 0 bridgehead atoms. The molecule has 2 N–H and O–H groups in total. The molecule has 2 aliphatic heterocycles. The van der Waals surface area contributed by atoms with Gasteiger partial charge in [-0.15, -0.1) is 11.3 Å². The largest absolute Gasteiger partial charge is 0.507 e. The maximum absolute atomic E-state index is 15.0. The monoisotopic (exact) mass is 716 g/mol. The van der Waals surface area contributed by atoms with Gasteiger partial charge in [-0.1, -0.05) is 23.3 Å². The number of allylic oxidation sites excluding steroid dienone is 2. The van der Waals surface area contributed by atoms with Crippen LogP contribution >= 0.6 is 22.9 Å². The van der Waals surface area contributed by atoms with Crippen molar-refractivity contribution in [2.75, 3.05) is 19.1 Å². The molecule has 4 heterocycles. The number of ether oxygens (including phenoxy) is 2. The summed E-state index contributed by atoms with van der Waals surface area (Å²) in [6.45, 7) is 3.69. The number of rotatable bonds is 5. The first-order chi connectivity index (χ1) is 23.8. The number of fused-ring (bicyclic) bond motifs is 5. The summed E-state index contributed by atoms with van der Waals surface area (Å²) in [6, 6.07) is 10.4. The zero-order valence-corrected chi connectivity index (χ0v) is 29.3. The third kappa shape index (κ3) is 4.23. The number of phenolic OH excluding ortho intramolecular Hbond substituents is 1. The van der Waals surface area contributed by atoms with E-state index in [4.69, 9.17) is 26.2 Å². The summed E-state index contributed by atoms with van der Waals surface area (Å²) in [5.74, 6) is -6.13. The minimum Gasteiger partial charge on any atom is -0.507 e. The van der Waals surface area contributed by atoms with E-state index in [1.165, 1.54) is 36.3 Å². The molecule has 0 spiro atoms. The van der Waals surface area contributed by atoms with E-state index in [9.17, 15) is 24.7 Å². The number of thiophene rings is 1. The molecule has 2 aliphatic carbocycles. The number of carbonyl (C=O) groups is 4. The summed E-state index contributed by atoms with van der Waals surface area (Å²) in [6.07, 6.45) is 2.05. The molecule has 4 aliphatic rings. The number of benzene rings is 2. The number of anilines is 1. The third-order valence-corrected chi connectivity index (χ3v) is 12.8. The van der Waals surface area contributed by atoms with E-state index in [2.05, 4.69) is 0 Å². The Morgan fingerprint density at radius 2 is 1.78 bits per heavy atom. The molecule has 6 atom stereocenters. The van der Waals surface area contributed by atoms with Gasteiger partial charge in [0.15, 0.2) is 0 Å². The Morgan fingerprint density at radius 3 is 2.50 bits per heavy atom. The van der Waals surface area contributed by atoms with Crippen LogP contribution in [0.3, 0.4) is 0 Å². The molecule has 1 saturated carbocycles. The highest BCUT2D eigenvalue weighted by molar-refractivity contribution is 7.22. The summed E-state index contributed by atoms with van der Waals surface area (Å²) in [5.41, 5.74) is 0.999. The number of nitrogens with zero attached hydrogens (tertiary/aromatic N) is 4. The molecule has 0 unspecified atom stereocenters. The Hall–Kier alpha value is -4.72. The van der Waals surface area contributed by atoms with Gasteiger partial charge in [-0.05, 0) is 61.8 Å². The van der Waals surface area contributed by atoms with Crippen LogP contribution in [0.15, 0.2) is 48.0 Å². The van der Waals surface area contributed by atoms with Gasteiger partial charge in [-0.2, -0.15) is 10.2 Å². The van der Waals surface area contributed by atoms with Crippen LogP contribution in [0.2, 0.25) is 5.02 Å². The lowest BCUT2D eigenvalue weighted by atomic mass is 9.51. The van der Waals surface area contributed by atoms with Crippen molar-refractivity contribution >= 4 is 62.5 Å². The lowest BCUT2D eigenvalue weighted by molar-refractivity contribution is -0.173. The smallest absolute Gasteiger partial charge is 0.257 e. The Balaban J connectivity index is 1.29. The molecule has 258 valence electrons. The van der Waals surface area contributed by atoms with Crippen molar-refractivity contribution in [1.82, 2.24) is 14.8 Å². The van der Waals surface area contributed by atoms with Crippen LogP contribution in [-0.4, -0.2) is 63.0 Å². The summed E-state index contributed by atoms with van der Waals surface area (Å²) in [4.78, 5) is 58.0. The van der Waals surface area contributed by atoms with Gasteiger partial charge in [0, 0.05) is 46.5 Å². The highest BCUT2D eigenvalue weighted by Crippen LogP contribution is 2.65. The number of phenols is 1. The third-order valence-electron chi connectivity index (χ3n) is 11.3. The van der Waals surface area contributed by atoms with E-state index >= 15 is 4.79 Å². The molecule has 2 aromatic heterocycles. The molecule has 50 heavy (non-hydrogen) atoms. The molecule has 2 saturated heterocycles. The zero-order chi connectivity index (χ0) is 35.5. The van der Waals surface area contributed by atoms with E-state index < -0.39 is 58.6 Å². The highest BCUT2D eigenvalue weighted by atomic mass is 35.5. The Labute approximate surface area is 295 Å². The van der Waals surface area contributed by atoms with Crippen LogP contribution in [0.4, 0.5) is 5.82 Å². The molecule has 2 aromatic carbocycles. The fraction of sp³-hybridized carbons (Fsp3) is 0.361. The minimum atomic E-state index is -1.45. The number of aromatic nitrogens is 2. The van der Waals surface area contributed by atoms with Crippen molar-refractivity contribution in [3.63, 3.8) is 0 Å². The fourth-order valence-electron chi connectivity index (χ4n) is 8.90. The van der Waals surface area contributed by atoms with Gasteiger partial charge in [0.05, 0.1) is 42.3 Å². The summed E-state index contributed by atoms with van der Waals surface area (Å²) < 4.78 is 13.7. The van der Waals surface area contributed by atoms with Gasteiger partial charge in [0.2, 0.25) is 11.8 Å². The number of methoxy groups -OCH3 is 2. The van der Waals surface area contributed by atoms with Crippen LogP contribution < -0.4 is 14.4 Å². The van der Waals surface area contributed by atoms with Gasteiger partial charge in [-0.3, -0.25) is 29.1 Å². The van der Waals surface area contributed by atoms with E-state index in [1.54, 1.807) is 26.1 Å². The SMILES string of the molecule is COc1cc(O)c([C@H]2C3=CC[C@@H]4C(=O)N(O)C(=O)[C@@H]4[C@@H]3C[C@H]3C(=O)N(c4cc(-c5sc6ccc(Cl)cc6c5C)nn4C)C(=O)[C@@]23C)c(OC)c1. The van der Waals surface area contributed by atoms with Crippen LogP contribution in [0.25, 0.3) is 20.7 Å². The number of hydrogen-bond donors (Lipinski definition) is 2. The van der Waals surface area contributed by atoms with Gasteiger partial charge >= 0.3 is 0 Å². The Kier molecular flexibility index (Phi) is 7.24. The average Bonchev–Trinajstić information content (AvgIpc) is 3.75. The van der Waals surface area contributed by atoms with Crippen LogP contribution in [-0.2, 0) is 26.2 Å². The van der Waals surface area contributed by atoms with Gasteiger partial charge < -0.3 is 14.6 Å². The quantitative estimate of drug-likeness (QED) is 0.153. The molecule has 0 radical (unpaired) electrons. The molecule has 12 nitrogen and oxygen atoms in total. The maximum atomic E-state index is 15.0. The molecular formula is C36H33ClN4O8S. The number of imide groups is 2. The summed E-state index contributed by atoms with van der Waals surface area (Å²) in [7, 11) is 4.55. The minimum absolute atomic E-state index is 0.0774. The maximum Gasteiger partial charge on any atom is 0.257 e. The molecule has 4 aromatic rings. The number of carbonyl (C=O) groups excluding carboxylic acids is 4. The van der Waals surface area contributed by atoms with Crippen molar-refractivity contribution in [3.8, 4) is 27.8 Å². The topological polar surface area (TPSA) is 151 Å². The highest BCUT2D eigenvalue weighted by Gasteiger charge is 2.68. The number of aromatic hydroxyl groups is 1. The van der Waals surface area contributed by atoms with Crippen molar-refractivity contribution in [2.45, 2.75) is 32.6 Å². The second-order valence-corrected chi connectivity index (χ2v) is 15.1. The van der Waals surface area contributed by atoms with Crippen LogP contribution in [0.1, 0.15) is 36.8 Å². The first kappa shape index (κ1) is 32.5. The number of amides is 4. The zero-order valence-electron chi connectivity index (χ0n) is 27.8. The van der Waals surface area contributed by atoms with Crippen molar-refractivity contribution in [1.29, 1.82) is 0 Å². The molecule has 3 fully saturated rings. The fourth-order valence-corrected chi connectivity index (χ4v) is 10.2. The van der Waals surface area contributed by atoms with E-state index in [0.717, 1.165) is 25.4 Å². The van der Waals surface area contributed by atoms with Gasteiger partial charge in [0.1, 0.15) is 28.8 Å². The number of halogens is 1. The normalized spacial score (nSPS) is 27.5. The summed E-state index contributed by atoms with van der Waals surface area (Å²) in [5, 5.41) is 28.5. The first-order valence-corrected chi connectivity index (χ1v) is 17.3. The Bertz CT molecular complexity index is 2230. The lowest BCUT2D eigenvalue weighted by Crippen LogP contribution is -2.49. The van der Waals surface area contributed by atoms with Crippen LogP contribution in [0.5, 0.6) is 17.2 Å². The van der Waals surface area contributed by atoms with E-state index in [1.807, 2.05) is 31.2 Å². The van der Waals surface area contributed by atoms with Gasteiger partial charge in [-0.25, -0.2) is 4.90 Å². The average molecular weight is 717 g/mol. The van der Waals surface area contributed by atoms with E-state index in [0.29, 0.717) is 22.0 Å². The van der Waals surface area contributed by atoms with Crippen LogP contribution in [0, 0.1) is 36.0 Å². The predicted octanol–water partition coefficient (Wildman–Crippen LogP) is 5.61. The predicted molar refractivity (Wildman–Crippen MR) is 183 cm³/mol. The lowest BCUT2D eigenvalue weighted by Gasteiger charge is -2.49. The molecule has 8 rings (SSSR count). The molecule has 4 amide bonds. The summed E-state index contributed by atoms with van der Waals surface area (Å²) >= 11 is 7.82. The Morgan fingerprint density at radius 1 is 1.02 bits per heavy atom. The van der Waals surface area contributed by atoms with Gasteiger partial charge in [0.25, 0.3) is 11.8 Å². The first-order valence-electron chi connectivity index (χ1n) is 16.1. The number of hydrogen-bond acceptors (Lipinski definition) is 10.